The Labute approximate surface area is 164 Å². The molecule has 28 heavy (non-hydrogen) atoms. The summed E-state index contributed by atoms with van der Waals surface area (Å²) >= 11 is 0. The van der Waals surface area contributed by atoms with Crippen LogP contribution in [0.25, 0.3) is 0 Å². The SMILES string of the molecule is Cc1ccc(S(C)(=O)=O)cc1NC(=O)c1cccc(OCc2ccccc2)c1. The Balaban J connectivity index is 1.75. The molecule has 0 heterocycles. The highest BCUT2D eigenvalue weighted by Crippen LogP contribution is 2.22. The lowest BCUT2D eigenvalue weighted by Gasteiger charge is -2.11. The van der Waals surface area contributed by atoms with Gasteiger partial charge in [0, 0.05) is 17.5 Å². The number of hydrogen-bond acceptors (Lipinski definition) is 4. The highest BCUT2D eigenvalue weighted by molar-refractivity contribution is 7.90. The van der Waals surface area contributed by atoms with E-state index >= 15 is 0 Å². The van der Waals surface area contributed by atoms with Gasteiger partial charge < -0.3 is 10.1 Å². The normalized spacial score (nSPS) is 11.1. The van der Waals surface area contributed by atoms with Crippen LogP contribution < -0.4 is 10.1 Å². The zero-order chi connectivity index (χ0) is 20.1. The van der Waals surface area contributed by atoms with Crippen molar-refractivity contribution in [3.63, 3.8) is 0 Å². The van der Waals surface area contributed by atoms with Crippen LogP contribution in [0.1, 0.15) is 21.5 Å². The predicted octanol–water partition coefficient (Wildman–Crippen LogP) is 4.23. The largest absolute Gasteiger partial charge is 0.489 e. The van der Waals surface area contributed by atoms with Gasteiger partial charge in [-0.05, 0) is 48.4 Å². The molecule has 0 fully saturated rings. The standard InChI is InChI=1S/C22H21NO4S/c1-16-11-12-20(28(2,25)26)14-21(16)23-22(24)18-9-6-10-19(13-18)27-15-17-7-4-3-5-8-17/h3-14H,15H2,1-2H3,(H,23,24). The first-order valence-corrected chi connectivity index (χ1v) is 10.6. The lowest BCUT2D eigenvalue weighted by atomic mass is 10.1. The maximum absolute atomic E-state index is 12.6. The molecule has 3 aromatic carbocycles. The first-order chi connectivity index (χ1) is 13.3. The zero-order valence-corrected chi connectivity index (χ0v) is 16.5. The predicted molar refractivity (Wildman–Crippen MR) is 109 cm³/mol. The summed E-state index contributed by atoms with van der Waals surface area (Å²) in [5.41, 5.74) is 2.70. The average molecular weight is 395 g/mol. The van der Waals surface area contributed by atoms with E-state index in [0.29, 0.717) is 23.6 Å². The fourth-order valence-corrected chi connectivity index (χ4v) is 3.28. The summed E-state index contributed by atoms with van der Waals surface area (Å²) in [5, 5.41) is 2.78. The van der Waals surface area contributed by atoms with E-state index in [-0.39, 0.29) is 10.8 Å². The quantitative estimate of drug-likeness (QED) is 0.678. The Hall–Kier alpha value is -3.12. The summed E-state index contributed by atoms with van der Waals surface area (Å²) in [7, 11) is -3.35. The molecule has 1 amide bonds. The van der Waals surface area contributed by atoms with Gasteiger partial charge in [-0.15, -0.1) is 0 Å². The van der Waals surface area contributed by atoms with Crippen LogP contribution >= 0.6 is 0 Å². The van der Waals surface area contributed by atoms with Crippen molar-refractivity contribution in [2.45, 2.75) is 18.4 Å². The molecular formula is C22H21NO4S. The average Bonchev–Trinajstić information content (AvgIpc) is 2.68. The Kier molecular flexibility index (Phi) is 5.80. The number of rotatable bonds is 6. The van der Waals surface area contributed by atoms with Crippen molar-refractivity contribution >= 4 is 21.4 Å². The zero-order valence-electron chi connectivity index (χ0n) is 15.7. The molecule has 0 aliphatic carbocycles. The summed E-state index contributed by atoms with van der Waals surface area (Å²) in [6.07, 6.45) is 1.14. The van der Waals surface area contributed by atoms with Gasteiger partial charge in [0.25, 0.3) is 5.91 Å². The fraction of sp³-hybridized carbons (Fsp3) is 0.136. The molecule has 0 aromatic heterocycles. The third-order valence-electron chi connectivity index (χ3n) is 4.23. The summed E-state index contributed by atoms with van der Waals surface area (Å²) < 4.78 is 29.3. The maximum atomic E-state index is 12.6. The highest BCUT2D eigenvalue weighted by Gasteiger charge is 2.13. The Bertz CT molecular complexity index is 1090. The number of carbonyl (C=O) groups excluding carboxylic acids is 1. The molecule has 0 saturated heterocycles. The Morgan fingerprint density at radius 1 is 0.964 bits per heavy atom. The summed E-state index contributed by atoms with van der Waals surface area (Å²) in [5.74, 6) is 0.247. The molecule has 0 aliphatic heterocycles. The molecule has 5 nitrogen and oxygen atoms in total. The number of benzene rings is 3. The van der Waals surface area contributed by atoms with Gasteiger partial charge in [-0.2, -0.15) is 0 Å². The second kappa shape index (κ2) is 8.27. The van der Waals surface area contributed by atoms with Gasteiger partial charge in [0.2, 0.25) is 0 Å². The van der Waals surface area contributed by atoms with Crippen LogP contribution in [0.15, 0.2) is 77.7 Å². The molecule has 0 bridgehead atoms. The molecule has 0 spiro atoms. The molecule has 1 N–H and O–H groups in total. The third-order valence-corrected chi connectivity index (χ3v) is 5.34. The van der Waals surface area contributed by atoms with Crippen molar-refractivity contribution in [1.82, 2.24) is 0 Å². The minimum atomic E-state index is -3.35. The lowest BCUT2D eigenvalue weighted by molar-refractivity contribution is 0.102. The van der Waals surface area contributed by atoms with Crippen molar-refractivity contribution in [2.24, 2.45) is 0 Å². The van der Waals surface area contributed by atoms with Gasteiger partial charge >= 0.3 is 0 Å². The van der Waals surface area contributed by atoms with Crippen molar-refractivity contribution in [2.75, 3.05) is 11.6 Å². The van der Waals surface area contributed by atoms with Gasteiger partial charge in [0.15, 0.2) is 9.84 Å². The summed E-state index contributed by atoms with van der Waals surface area (Å²) in [6, 6.07) is 21.3. The lowest BCUT2D eigenvalue weighted by Crippen LogP contribution is -2.13. The number of aryl methyl sites for hydroxylation is 1. The molecule has 0 unspecified atom stereocenters. The van der Waals surface area contributed by atoms with Gasteiger partial charge in [-0.3, -0.25) is 4.79 Å². The van der Waals surface area contributed by atoms with Crippen LogP contribution in [0.2, 0.25) is 0 Å². The van der Waals surface area contributed by atoms with E-state index in [1.54, 1.807) is 37.3 Å². The van der Waals surface area contributed by atoms with E-state index < -0.39 is 9.84 Å². The molecule has 6 heteroatoms. The number of nitrogens with one attached hydrogen (secondary N) is 1. The molecule has 144 valence electrons. The van der Waals surface area contributed by atoms with Gasteiger partial charge in [-0.1, -0.05) is 42.5 Å². The second-order valence-corrected chi connectivity index (χ2v) is 8.52. The van der Waals surface area contributed by atoms with E-state index in [9.17, 15) is 13.2 Å². The van der Waals surface area contributed by atoms with E-state index in [4.69, 9.17) is 4.74 Å². The smallest absolute Gasteiger partial charge is 0.255 e. The molecule has 3 aromatic rings. The van der Waals surface area contributed by atoms with Crippen LogP contribution in [0, 0.1) is 6.92 Å². The molecular weight excluding hydrogens is 374 g/mol. The van der Waals surface area contributed by atoms with E-state index in [2.05, 4.69) is 5.32 Å². The van der Waals surface area contributed by atoms with Crippen molar-refractivity contribution in [1.29, 1.82) is 0 Å². The second-order valence-electron chi connectivity index (χ2n) is 6.51. The Morgan fingerprint density at radius 3 is 2.43 bits per heavy atom. The number of hydrogen-bond donors (Lipinski definition) is 1. The number of ether oxygens (including phenoxy) is 1. The van der Waals surface area contributed by atoms with Crippen LogP contribution in [0.5, 0.6) is 5.75 Å². The number of anilines is 1. The molecule has 3 rings (SSSR count). The molecule has 0 saturated carbocycles. The number of amides is 1. The minimum absolute atomic E-state index is 0.161. The maximum Gasteiger partial charge on any atom is 0.255 e. The van der Waals surface area contributed by atoms with Crippen LogP contribution in [0.3, 0.4) is 0 Å². The fourth-order valence-electron chi connectivity index (χ4n) is 2.63. The summed E-state index contributed by atoms with van der Waals surface area (Å²) in [4.78, 5) is 12.8. The van der Waals surface area contributed by atoms with Crippen molar-refractivity contribution in [3.8, 4) is 5.75 Å². The van der Waals surface area contributed by atoms with E-state index in [0.717, 1.165) is 17.4 Å². The first kappa shape index (κ1) is 19.6. The van der Waals surface area contributed by atoms with Crippen LogP contribution in [-0.2, 0) is 16.4 Å². The highest BCUT2D eigenvalue weighted by atomic mass is 32.2. The Morgan fingerprint density at radius 2 is 1.71 bits per heavy atom. The number of carbonyl (C=O) groups is 1. The monoisotopic (exact) mass is 395 g/mol. The minimum Gasteiger partial charge on any atom is -0.489 e. The topological polar surface area (TPSA) is 72.5 Å². The van der Waals surface area contributed by atoms with Crippen LogP contribution in [0.4, 0.5) is 5.69 Å². The van der Waals surface area contributed by atoms with Gasteiger partial charge in [0.05, 0.1) is 4.90 Å². The summed E-state index contributed by atoms with van der Waals surface area (Å²) in [6.45, 7) is 2.21. The van der Waals surface area contributed by atoms with E-state index in [1.165, 1.54) is 12.1 Å². The third kappa shape index (κ3) is 4.98. The number of sulfone groups is 1. The molecule has 0 radical (unpaired) electrons. The van der Waals surface area contributed by atoms with Gasteiger partial charge in [-0.25, -0.2) is 8.42 Å². The van der Waals surface area contributed by atoms with Crippen molar-refractivity contribution < 1.29 is 17.9 Å². The van der Waals surface area contributed by atoms with Crippen molar-refractivity contribution in [3.05, 3.63) is 89.5 Å². The van der Waals surface area contributed by atoms with Gasteiger partial charge in [0.1, 0.15) is 12.4 Å². The molecule has 0 atom stereocenters. The van der Waals surface area contributed by atoms with Crippen LogP contribution in [-0.4, -0.2) is 20.6 Å². The molecule has 0 aliphatic rings. The van der Waals surface area contributed by atoms with E-state index in [1.807, 2.05) is 30.3 Å². The first-order valence-electron chi connectivity index (χ1n) is 8.72.